The van der Waals surface area contributed by atoms with Gasteiger partial charge in [-0.25, -0.2) is 0 Å². The molecule has 0 heterocycles. The third kappa shape index (κ3) is 5.68. The Labute approximate surface area is 187 Å². The highest BCUT2D eigenvalue weighted by Crippen LogP contribution is 2.32. The van der Waals surface area contributed by atoms with E-state index in [9.17, 15) is 0 Å². The van der Waals surface area contributed by atoms with Crippen molar-refractivity contribution in [3.05, 3.63) is 77.9 Å². The molecule has 1 aliphatic rings. The maximum Gasteiger partial charge on any atom is 0.227 e. The van der Waals surface area contributed by atoms with Gasteiger partial charge in [0.05, 0.1) is 6.61 Å². The molecule has 164 valence electrons. The van der Waals surface area contributed by atoms with Gasteiger partial charge in [-0.1, -0.05) is 101 Å². The lowest BCUT2D eigenvalue weighted by atomic mass is 9.87. The third-order valence-electron chi connectivity index (χ3n) is 6.90. The van der Waals surface area contributed by atoms with E-state index in [1.165, 1.54) is 48.4 Å². The Morgan fingerprint density at radius 1 is 0.871 bits per heavy atom. The first-order valence-electron chi connectivity index (χ1n) is 12.1. The molecule has 1 saturated carbocycles. The van der Waals surface area contributed by atoms with Crippen molar-refractivity contribution in [3.63, 3.8) is 0 Å². The van der Waals surface area contributed by atoms with E-state index in [4.69, 9.17) is 9.47 Å². The first kappa shape index (κ1) is 21.9. The zero-order chi connectivity index (χ0) is 21.5. The van der Waals surface area contributed by atoms with Crippen LogP contribution in [-0.2, 0) is 4.74 Å². The Bertz CT molecular complexity index is 935. The van der Waals surface area contributed by atoms with Crippen molar-refractivity contribution in [2.24, 2.45) is 5.92 Å². The van der Waals surface area contributed by atoms with Crippen molar-refractivity contribution >= 4 is 10.8 Å². The summed E-state index contributed by atoms with van der Waals surface area (Å²) in [6.07, 6.45) is 8.70. The predicted octanol–water partition coefficient (Wildman–Crippen LogP) is 8.42. The minimum absolute atomic E-state index is 0.399. The van der Waals surface area contributed by atoms with Crippen molar-refractivity contribution in [3.8, 4) is 5.75 Å². The molecule has 3 aromatic rings. The molecule has 0 amide bonds. The number of hydrogen-bond acceptors (Lipinski definition) is 2. The normalized spacial score (nSPS) is 16.8. The zero-order valence-corrected chi connectivity index (χ0v) is 19.1. The van der Waals surface area contributed by atoms with E-state index in [-0.39, 0.29) is 0 Å². The maximum atomic E-state index is 6.44. The summed E-state index contributed by atoms with van der Waals surface area (Å²) in [4.78, 5) is 0. The average Bonchev–Trinajstić information content (AvgIpc) is 2.83. The quantitative estimate of drug-likeness (QED) is 0.326. The second-order valence-corrected chi connectivity index (χ2v) is 9.06. The standard InChI is InChI=1S/C29H36O2/c1-3-22(2)24-16-18-26(19-17-24)31-29(30-21-20-23-10-5-4-6-11-23)28-15-9-13-25-12-7-8-14-27(25)28/h7-9,12-19,22-23,29H,3-6,10-11,20-21H2,1-2H3. The predicted molar refractivity (Wildman–Crippen MR) is 130 cm³/mol. The zero-order valence-electron chi connectivity index (χ0n) is 19.1. The smallest absolute Gasteiger partial charge is 0.227 e. The minimum Gasteiger partial charge on any atom is -0.461 e. The second kappa shape index (κ2) is 10.8. The van der Waals surface area contributed by atoms with Gasteiger partial charge in [-0.15, -0.1) is 0 Å². The van der Waals surface area contributed by atoms with Crippen molar-refractivity contribution < 1.29 is 9.47 Å². The SMILES string of the molecule is CCC(C)c1ccc(OC(OCCC2CCCCC2)c2cccc3ccccc23)cc1. The second-order valence-electron chi connectivity index (χ2n) is 9.06. The van der Waals surface area contributed by atoms with E-state index in [1.807, 2.05) is 0 Å². The maximum absolute atomic E-state index is 6.44. The van der Waals surface area contributed by atoms with Crippen LogP contribution in [0.1, 0.15) is 82.1 Å². The van der Waals surface area contributed by atoms with Gasteiger partial charge in [0.1, 0.15) is 5.75 Å². The molecule has 0 aromatic heterocycles. The topological polar surface area (TPSA) is 18.5 Å². The van der Waals surface area contributed by atoms with Gasteiger partial charge >= 0.3 is 0 Å². The summed E-state index contributed by atoms with van der Waals surface area (Å²) < 4.78 is 12.9. The van der Waals surface area contributed by atoms with Gasteiger partial charge in [0.2, 0.25) is 6.29 Å². The van der Waals surface area contributed by atoms with Crippen LogP contribution in [0.15, 0.2) is 66.7 Å². The molecule has 0 aliphatic heterocycles. The van der Waals surface area contributed by atoms with Crippen LogP contribution in [0.2, 0.25) is 0 Å². The molecule has 0 bridgehead atoms. The minimum atomic E-state index is -0.399. The van der Waals surface area contributed by atoms with E-state index in [0.717, 1.165) is 36.7 Å². The van der Waals surface area contributed by atoms with Gasteiger partial charge in [-0.3, -0.25) is 0 Å². The van der Waals surface area contributed by atoms with Crippen LogP contribution in [0, 0.1) is 5.92 Å². The Kier molecular flexibility index (Phi) is 7.64. The van der Waals surface area contributed by atoms with Crippen molar-refractivity contribution in [2.75, 3.05) is 6.61 Å². The number of ether oxygens (including phenoxy) is 2. The van der Waals surface area contributed by atoms with Gasteiger partial charge in [0.25, 0.3) is 0 Å². The fourth-order valence-electron chi connectivity index (χ4n) is 4.70. The molecule has 2 heteroatoms. The van der Waals surface area contributed by atoms with E-state index >= 15 is 0 Å². The molecule has 2 nitrogen and oxygen atoms in total. The summed E-state index contributed by atoms with van der Waals surface area (Å²) in [5.74, 6) is 2.23. The number of benzene rings is 3. The van der Waals surface area contributed by atoms with E-state index in [2.05, 4.69) is 80.6 Å². The Morgan fingerprint density at radius 2 is 1.61 bits per heavy atom. The van der Waals surface area contributed by atoms with E-state index < -0.39 is 6.29 Å². The molecule has 31 heavy (non-hydrogen) atoms. The van der Waals surface area contributed by atoms with Crippen molar-refractivity contribution in [2.45, 2.75) is 71.0 Å². The van der Waals surface area contributed by atoms with Crippen LogP contribution >= 0.6 is 0 Å². The first-order chi connectivity index (χ1) is 15.2. The average molecular weight is 417 g/mol. The fraction of sp³-hybridized carbons (Fsp3) is 0.448. The van der Waals surface area contributed by atoms with Crippen molar-refractivity contribution in [1.82, 2.24) is 0 Å². The number of fused-ring (bicyclic) bond motifs is 1. The molecule has 2 atom stereocenters. The van der Waals surface area contributed by atoms with Gasteiger partial charge in [-0.05, 0) is 53.1 Å². The lowest BCUT2D eigenvalue weighted by molar-refractivity contribution is -0.0868. The molecule has 4 rings (SSSR count). The molecular weight excluding hydrogens is 380 g/mol. The molecule has 0 spiro atoms. The Hall–Kier alpha value is -2.32. The lowest BCUT2D eigenvalue weighted by Crippen LogP contribution is -2.16. The Morgan fingerprint density at radius 3 is 2.39 bits per heavy atom. The molecule has 0 N–H and O–H groups in total. The van der Waals surface area contributed by atoms with Crippen LogP contribution < -0.4 is 4.74 Å². The van der Waals surface area contributed by atoms with Crippen molar-refractivity contribution in [1.29, 1.82) is 0 Å². The number of hydrogen-bond donors (Lipinski definition) is 0. The van der Waals surface area contributed by atoms with Crippen LogP contribution in [0.5, 0.6) is 5.75 Å². The molecule has 1 fully saturated rings. The summed E-state index contributed by atoms with van der Waals surface area (Å²) >= 11 is 0. The molecule has 0 saturated heterocycles. The highest BCUT2D eigenvalue weighted by atomic mass is 16.7. The van der Waals surface area contributed by atoms with E-state index in [0.29, 0.717) is 5.92 Å². The summed E-state index contributed by atoms with van der Waals surface area (Å²) in [7, 11) is 0. The largest absolute Gasteiger partial charge is 0.461 e. The van der Waals surface area contributed by atoms with Crippen LogP contribution in [-0.4, -0.2) is 6.61 Å². The summed E-state index contributed by atoms with van der Waals surface area (Å²) in [5.41, 5.74) is 2.46. The Balaban J connectivity index is 1.53. The molecule has 0 radical (unpaired) electrons. The summed E-state index contributed by atoms with van der Waals surface area (Å²) in [6, 6.07) is 23.4. The highest BCUT2D eigenvalue weighted by Gasteiger charge is 2.19. The van der Waals surface area contributed by atoms with Crippen LogP contribution in [0.25, 0.3) is 10.8 Å². The highest BCUT2D eigenvalue weighted by molar-refractivity contribution is 5.85. The van der Waals surface area contributed by atoms with Crippen LogP contribution in [0.3, 0.4) is 0 Å². The monoisotopic (exact) mass is 416 g/mol. The van der Waals surface area contributed by atoms with E-state index in [1.54, 1.807) is 0 Å². The third-order valence-corrected chi connectivity index (χ3v) is 6.90. The van der Waals surface area contributed by atoms with Gasteiger partial charge in [0, 0.05) is 5.56 Å². The fourth-order valence-corrected chi connectivity index (χ4v) is 4.70. The summed E-state index contributed by atoms with van der Waals surface area (Å²) in [5, 5.41) is 2.42. The molecule has 2 unspecified atom stereocenters. The molecular formula is C29H36O2. The summed E-state index contributed by atoms with van der Waals surface area (Å²) in [6.45, 7) is 5.23. The van der Waals surface area contributed by atoms with Gasteiger partial charge in [0.15, 0.2) is 0 Å². The molecule has 1 aliphatic carbocycles. The molecule has 3 aromatic carbocycles. The number of rotatable bonds is 9. The van der Waals surface area contributed by atoms with Crippen LogP contribution in [0.4, 0.5) is 0 Å². The van der Waals surface area contributed by atoms with Gasteiger partial charge < -0.3 is 9.47 Å². The van der Waals surface area contributed by atoms with Gasteiger partial charge in [-0.2, -0.15) is 0 Å². The lowest BCUT2D eigenvalue weighted by Gasteiger charge is -2.25. The first-order valence-corrected chi connectivity index (χ1v) is 12.1.